The topological polar surface area (TPSA) is 84.6 Å². The van der Waals surface area contributed by atoms with E-state index in [4.69, 9.17) is 0 Å². The lowest BCUT2D eigenvalue weighted by atomic mass is 10.0. The smallest absolute Gasteiger partial charge is 0.406 e. The number of carbonyl (C=O) groups is 1. The summed E-state index contributed by atoms with van der Waals surface area (Å²) in [6, 6.07) is 17.3. The van der Waals surface area contributed by atoms with Crippen molar-refractivity contribution in [3.63, 3.8) is 0 Å². The van der Waals surface area contributed by atoms with E-state index in [1.165, 1.54) is 52.0 Å². The molecule has 0 spiro atoms. The number of nitrogens with one attached hydrogen (secondary N) is 1. The number of benzene rings is 3. The summed E-state index contributed by atoms with van der Waals surface area (Å²) < 4.78 is 42.6. The highest BCUT2D eigenvalue weighted by molar-refractivity contribution is 8.14. The molecule has 1 aliphatic rings. The van der Waals surface area contributed by atoms with Crippen LogP contribution in [0.3, 0.4) is 0 Å². The number of hydrogen-bond donors (Lipinski definition) is 1. The fourth-order valence-electron chi connectivity index (χ4n) is 5.46. The first-order chi connectivity index (χ1) is 21.4. The minimum atomic E-state index is -4.74. The van der Waals surface area contributed by atoms with Crippen molar-refractivity contribution in [2.24, 2.45) is 4.99 Å². The molecule has 45 heavy (non-hydrogen) atoms. The summed E-state index contributed by atoms with van der Waals surface area (Å²) in [5.74, 6) is 1.09. The molecular weight excluding hydrogens is 601 g/mol. The monoisotopic (exact) mass is 636 g/mol. The van der Waals surface area contributed by atoms with Gasteiger partial charge in [0.1, 0.15) is 12.1 Å². The van der Waals surface area contributed by atoms with Crippen LogP contribution in [-0.4, -0.2) is 50.7 Å². The minimum Gasteiger partial charge on any atom is -0.406 e. The van der Waals surface area contributed by atoms with Gasteiger partial charge in [-0.25, -0.2) is 14.5 Å². The quantitative estimate of drug-likeness (QED) is 0.202. The third kappa shape index (κ3) is 8.44. The van der Waals surface area contributed by atoms with Gasteiger partial charge in [0, 0.05) is 29.6 Å². The minimum absolute atomic E-state index is 0.0221. The molecule has 0 aliphatic carbocycles. The molecule has 1 N–H and O–H groups in total. The molecular formula is C33H35F3N6O2S. The normalized spacial score (nSPS) is 15.0. The summed E-state index contributed by atoms with van der Waals surface area (Å²) in [5, 5.41) is 8.21. The molecule has 1 saturated heterocycles. The highest BCUT2D eigenvalue weighted by Gasteiger charge is 2.31. The summed E-state index contributed by atoms with van der Waals surface area (Å²) in [6.07, 6.45) is -0.684. The van der Waals surface area contributed by atoms with Crippen LogP contribution in [0, 0.1) is 20.8 Å². The number of anilines is 1. The Hall–Kier alpha value is -4.32. The van der Waals surface area contributed by atoms with Crippen molar-refractivity contribution in [3.05, 3.63) is 89.2 Å². The first kappa shape index (κ1) is 32.1. The molecule has 2 heterocycles. The van der Waals surface area contributed by atoms with Crippen molar-refractivity contribution in [3.8, 4) is 22.8 Å². The van der Waals surface area contributed by atoms with Crippen molar-refractivity contribution in [1.29, 1.82) is 0 Å². The SMILES string of the molecule is Cc1cc(C)c(N2CCSC2=NC(=O)NC(C)CCCc2ccc(-c3ncn(-c4ccc(OC(F)(F)F)cc4)n3)cc2)c(C)c1. The third-order valence-corrected chi connectivity index (χ3v) is 8.35. The number of halogens is 3. The number of thioether (sulfide) groups is 1. The van der Waals surface area contributed by atoms with Crippen molar-refractivity contribution in [2.75, 3.05) is 17.2 Å². The van der Waals surface area contributed by atoms with Crippen molar-refractivity contribution in [1.82, 2.24) is 20.1 Å². The molecule has 2 amide bonds. The summed E-state index contributed by atoms with van der Waals surface area (Å²) >= 11 is 1.61. The van der Waals surface area contributed by atoms with E-state index < -0.39 is 6.36 Å². The largest absolute Gasteiger partial charge is 0.573 e. The van der Waals surface area contributed by atoms with Gasteiger partial charge < -0.3 is 15.0 Å². The second-order valence-electron chi connectivity index (χ2n) is 11.1. The van der Waals surface area contributed by atoms with Crippen molar-refractivity contribution in [2.45, 2.75) is 59.4 Å². The Morgan fingerprint density at radius 2 is 1.76 bits per heavy atom. The molecule has 4 aromatic rings. The average Bonchev–Trinajstić information content (AvgIpc) is 3.63. The highest BCUT2D eigenvalue weighted by atomic mass is 32.2. The molecule has 12 heteroatoms. The molecule has 1 aliphatic heterocycles. The molecule has 0 radical (unpaired) electrons. The lowest BCUT2D eigenvalue weighted by Gasteiger charge is -2.23. The zero-order valence-electron chi connectivity index (χ0n) is 25.6. The second-order valence-corrected chi connectivity index (χ2v) is 12.2. The van der Waals surface area contributed by atoms with E-state index in [1.807, 2.05) is 31.2 Å². The van der Waals surface area contributed by atoms with E-state index in [9.17, 15) is 18.0 Å². The number of aryl methyl sites for hydroxylation is 4. The summed E-state index contributed by atoms with van der Waals surface area (Å²) in [6.45, 7) is 9.11. The van der Waals surface area contributed by atoms with Gasteiger partial charge in [0.05, 0.1) is 5.69 Å². The Morgan fingerprint density at radius 1 is 1.07 bits per heavy atom. The Morgan fingerprint density at radius 3 is 2.42 bits per heavy atom. The number of urea groups is 1. The molecule has 3 aromatic carbocycles. The number of nitrogens with zero attached hydrogens (tertiary/aromatic N) is 5. The van der Waals surface area contributed by atoms with Crippen LogP contribution in [0.5, 0.6) is 5.75 Å². The Kier molecular flexibility index (Phi) is 9.81. The van der Waals surface area contributed by atoms with E-state index in [0.717, 1.165) is 53.5 Å². The molecule has 0 bridgehead atoms. The van der Waals surface area contributed by atoms with E-state index in [2.05, 4.69) is 62.9 Å². The van der Waals surface area contributed by atoms with Gasteiger partial charge in [0.25, 0.3) is 0 Å². The predicted molar refractivity (Wildman–Crippen MR) is 172 cm³/mol. The molecule has 1 atom stereocenters. The van der Waals surface area contributed by atoms with Crippen molar-refractivity contribution >= 4 is 28.6 Å². The molecule has 1 unspecified atom stereocenters. The Bertz CT molecular complexity index is 1650. The van der Waals surface area contributed by atoms with Crippen LogP contribution < -0.4 is 15.0 Å². The van der Waals surface area contributed by atoms with Crippen LogP contribution in [0.25, 0.3) is 17.1 Å². The van der Waals surface area contributed by atoms with E-state index in [1.54, 1.807) is 11.8 Å². The number of hydrogen-bond acceptors (Lipinski definition) is 5. The zero-order chi connectivity index (χ0) is 32.1. The lowest BCUT2D eigenvalue weighted by Crippen LogP contribution is -2.33. The third-order valence-electron chi connectivity index (χ3n) is 7.39. The predicted octanol–water partition coefficient (Wildman–Crippen LogP) is 7.79. The maximum absolute atomic E-state index is 12.8. The molecule has 5 rings (SSSR count). The lowest BCUT2D eigenvalue weighted by molar-refractivity contribution is -0.274. The highest BCUT2D eigenvalue weighted by Crippen LogP contribution is 2.32. The van der Waals surface area contributed by atoms with Gasteiger partial charge in [-0.05, 0) is 87.9 Å². The standard InChI is InChI=1S/C33H35F3N6O2S/c1-21-18-22(2)29(23(3)19-21)41-16-17-45-32(41)39-31(43)38-24(4)6-5-7-25-8-10-26(11-9-25)30-37-20-42(40-30)27-12-14-28(15-13-27)44-33(34,35)36/h8-15,18-20,24H,5-7,16-17H2,1-4H3,(H,38,43). The number of amidine groups is 1. The van der Waals surface area contributed by atoms with Crippen LogP contribution in [-0.2, 0) is 6.42 Å². The second kappa shape index (κ2) is 13.8. The molecule has 0 saturated carbocycles. The van der Waals surface area contributed by atoms with Gasteiger partial charge in [-0.3, -0.25) is 0 Å². The van der Waals surface area contributed by atoms with Crippen LogP contribution >= 0.6 is 11.8 Å². The number of aliphatic imine (C=N–C) groups is 1. The van der Waals surface area contributed by atoms with Gasteiger partial charge in [-0.1, -0.05) is 53.7 Å². The fourth-order valence-corrected chi connectivity index (χ4v) is 6.40. The van der Waals surface area contributed by atoms with Crippen LogP contribution in [0.15, 0.2) is 72.0 Å². The van der Waals surface area contributed by atoms with Crippen LogP contribution in [0.2, 0.25) is 0 Å². The summed E-state index contributed by atoms with van der Waals surface area (Å²) in [4.78, 5) is 23.7. The van der Waals surface area contributed by atoms with Gasteiger partial charge >= 0.3 is 12.4 Å². The van der Waals surface area contributed by atoms with Crippen LogP contribution in [0.1, 0.15) is 42.0 Å². The summed E-state index contributed by atoms with van der Waals surface area (Å²) in [5.41, 5.74) is 7.25. The van der Waals surface area contributed by atoms with E-state index in [-0.39, 0.29) is 17.8 Å². The van der Waals surface area contributed by atoms with Gasteiger partial charge in [0.15, 0.2) is 11.0 Å². The summed E-state index contributed by atoms with van der Waals surface area (Å²) in [7, 11) is 0. The fraction of sp³-hybridized carbons (Fsp3) is 0.333. The van der Waals surface area contributed by atoms with Gasteiger partial charge in [-0.2, -0.15) is 4.99 Å². The zero-order valence-corrected chi connectivity index (χ0v) is 26.4. The van der Waals surface area contributed by atoms with Crippen molar-refractivity contribution < 1.29 is 22.7 Å². The maximum atomic E-state index is 12.8. The number of rotatable bonds is 9. The Balaban J connectivity index is 1.10. The molecule has 1 aromatic heterocycles. The average molecular weight is 637 g/mol. The molecule has 236 valence electrons. The number of amides is 2. The number of alkyl halides is 3. The maximum Gasteiger partial charge on any atom is 0.573 e. The van der Waals surface area contributed by atoms with Gasteiger partial charge in [-0.15, -0.1) is 18.3 Å². The number of aromatic nitrogens is 3. The number of carbonyl (C=O) groups excluding carboxylic acids is 1. The first-order valence-electron chi connectivity index (χ1n) is 14.7. The molecule has 8 nitrogen and oxygen atoms in total. The Labute approximate surface area is 264 Å². The first-order valence-corrected chi connectivity index (χ1v) is 15.7. The van der Waals surface area contributed by atoms with E-state index in [0.29, 0.717) is 11.5 Å². The van der Waals surface area contributed by atoms with Gasteiger partial charge in [0.2, 0.25) is 0 Å². The molecule has 1 fully saturated rings. The van der Waals surface area contributed by atoms with Crippen LogP contribution in [0.4, 0.5) is 23.7 Å². The number of ether oxygens (including phenoxy) is 1. The van der Waals surface area contributed by atoms with E-state index >= 15 is 0 Å².